The number of piperidine rings is 1. The maximum atomic E-state index is 13.7. The summed E-state index contributed by atoms with van der Waals surface area (Å²) in [5.74, 6) is 1.74. The highest BCUT2D eigenvalue weighted by Gasteiger charge is 2.34. The zero-order chi connectivity index (χ0) is 22.2. The monoisotopic (exact) mass is 451 g/mol. The van der Waals surface area contributed by atoms with Crippen molar-refractivity contribution in [3.63, 3.8) is 0 Å². The number of halogens is 1. The summed E-state index contributed by atoms with van der Waals surface area (Å²) in [5, 5.41) is 5.00. The SMILES string of the molecule is Fc1ccc2onc(N3CCN4C[C@H](COc5ccc(CN6CCC6)cn5)CC[C@H]4C3)c2c1. The predicted octanol–water partition coefficient (Wildman–Crippen LogP) is 3.55. The molecular weight excluding hydrogens is 421 g/mol. The van der Waals surface area contributed by atoms with Gasteiger partial charge in [0.1, 0.15) is 5.82 Å². The minimum atomic E-state index is -0.258. The molecule has 0 unspecified atom stereocenters. The van der Waals surface area contributed by atoms with Gasteiger partial charge in [0.25, 0.3) is 0 Å². The van der Waals surface area contributed by atoms with Crippen LogP contribution in [0.5, 0.6) is 5.88 Å². The fourth-order valence-electron chi connectivity index (χ4n) is 5.30. The van der Waals surface area contributed by atoms with Crippen molar-refractivity contribution in [2.24, 2.45) is 5.92 Å². The third-order valence-electron chi connectivity index (χ3n) is 7.34. The maximum absolute atomic E-state index is 13.7. The second-order valence-corrected chi connectivity index (χ2v) is 9.63. The summed E-state index contributed by atoms with van der Waals surface area (Å²) in [6.07, 6.45) is 5.51. The number of aromatic nitrogens is 2. The van der Waals surface area contributed by atoms with E-state index in [1.807, 2.05) is 12.3 Å². The normalized spacial score (nSPS) is 24.0. The molecule has 0 radical (unpaired) electrons. The Morgan fingerprint density at radius 3 is 2.82 bits per heavy atom. The molecule has 0 aliphatic carbocycles. The summed E-state index contributed by atoms with van der Waals surface area (Å²) in [7, 11) is 0. The number of pyridine rings is 1. The summed E-state index contributed by atoms with van der Waals surface area (Å²) >= 11 is 0. The van der Waals surface area contributed by atoms with Gasteiger partial charge >= 0.3 is 0 Å². The Labute approximate surface area is 193 Å². The molecule has 5 heterocycles. The van der Waals surface area contributed by atoms with Gasteiger partial charge in [-0.25, -0.2) is 9.37 Å². The van der Waals surface area contributed by atoms with E-state index in [1.54, 1.807) is 6.07 Å². The van der Waals surface area contributed by atoms with Gasteiger partial charge in [-0.15, -0.1) is 0 Å². The molecule has 7 nitrogen and oxygen atoms in total. The van der Waals surface area contributed by atoms with E-state index in [2.05, 4.69) is 30.9 Å². The number of fused-ring (bicyclic) bond motifs is 2. The summed E-state index contributed by atoms with van der Waals surface area (Å²) < 4.78 is 25.2. The van der Waals surface area contributed by atoms with Gasteiger partial charge in [0.2, 0.25) is 5.88 Å². The lowest BCUT2D eigenvalue weighted by Gasteiger charge is -2.46. The van der Waals surface area contributed by atoms with Crippen LogP contribution in [-0.2, 0) is 6.54 Å². The van der Waals surface area contributed by atoms with E-state index in [-0.39, 0.29) is 5.82 Å². The Hall–Kier alpha value is -2.71. The van der Waals surface area contributed by atoms with E-state index in [0.29, 0.717) is 24.1 Å². The number of hydrogen-bond donors (Lipinski definition) is 0. The second kappa shape index (κ2) is 8.91. The van der Waals surface area contributed by atoms with Crippen molar-refractivity contribution in [3.8, 4) is 5.88 Å². The summed E-state index contributed by atoms with van der Waals surface area (Å²) in [4.78, 5) is 11.8. The Bertz CT molecular complexity index is 1100. The third kappa shape index (κ3) is 4.42. The molecule has 0 spiro atoms. The first kappa shape index (κ1) is 20.9. The average molecular weight is 452 g/mol. The van der Waals surface area contributed by atoms with E-state index in [1.165, 1.54) is 37.2 Å². The first-order chi connectivity index (χ1) is 16.2. The van der Waals surface area contributed by atoms with Crippen molar-refractivity contribution in [2.75, 3.05) is 50.8 Å². The first-order valence-corrected chi connectivity index (χ1v) is 12.1. The maximum Gasteiger partial charge on any atom is 0.213 e. The lowest BCUT2D eigenvalue weighted by atomic mass is 9.91. The molecule has 33 heavy (non-hydrogen) atoms. The van der Waals surface area contributed by atoms with Gasteiger partial charge < -0.3 is 14.2 Å². The lowest BCUT2D eigenvalue weighted by molar-refractivity contribution is 0.0716. The van der Waals surface area contributed by atoms with Crippen LogP contribution in [0.15, 0.2) is 41.1 Å². The predicted molar refractivity (Wildman–Crippen MR) is 124 cm³/mol. The van der Waals surface area contributed by atoms with Crippen LogP contribution in [0.2, 0.25) is 0 Å². The number of ether oxygens (including phenoxy) is 1. The highest BCUT2D eigenvalue weighted by molar-refractivity contribution is 5.88. The number of piperazine rings is 1. The molecule has 2 atom stereocenters. The van der Waals surface area contributed by atoms with Gasteiger partial charge in [-0.3, -0.25) is 9.80 Å². The van der Waals surface area contributed by atoms with Crippen LogP contribution in [0.1, 0.15) is 24.8 Å². The van der Waals surface area contributed by atoms with Gasteiger partial charge in [0.15, 0.2) is 11.4 Å². The molecule has 6 rings (SSSR count). The highest BCUT2D eigenvalue weighted by Crippen LogP contribution is 2.31. The molecule has 0 amide bonds. The van der Waals surface area contributed by atoms with Crippen LogP contribution in [0.3, 0.4) is 0 Å². The minimum Gasteiger partial charge on any atom is -0.477 e. The minimum absolute atomic E-state index is 0.258. The molecule has 0 bridgehead atoms. The zero-order valence-electron chi connectivity index (χ0n) is 18.8. The van der Waals surface area contributed by atoms with Crippen molar-refractivity contribution < 1.29 is 13.7 Å². The molecule has 8 heteroatoms. The van der Waals surface area contributed by atoms with Crippen LogP contribution >= 0.6 is 0 Å². The van der Waals surface area contributed by atoms with E-state index in [4.69, 9.17) is 9.26 Å². The average Bonchev–Trinajstić information content (AvgIpc) is 3.23. The number of rotatable bonds is 6. The quantitative estimate of drug-likeness (QED) is 0.568. The smallest absolute Gasteiger partial charge is 0.213 e. The third-order valence-corrected chi connectivity index (χ3v) is 7.34. The Balaban J connectivity index is 1.01. The molecule has 1 aromatic carbocycles. The topological polar surface area (TPSA) is 57.9 Å². The fraction of sp³-hybridized carbons (Fsp3) is 0.520. The standard InChI is InChI=1S/C25H30FN5O2/c26-20-4-6-23-22(12-20)25(28-33-23)31-11-10-30-15-19(2-5-21(30)16-31)17-32-24-7-3-18(13-27-24)14-29-8-1-9-29/h3-4,6-7,12-13,19,21H,1-2,5,8-11,14-17H2/t19-,21+/m1/s1. The molecule has 3 aliphatic heterocycles. The Kier molecular flexibility index (Phi) is 5.63. The van der Waals surface area contributed by atoms with Gasteiger partial charge in [0, 0.05) is 56.9 Å². The van der Waals surface area contributed by atoms with Crippen LogP contribution in [-0.4, -0.2) is 71.9 Å². The molecule has 2 aromatic heterocycles. The molecule has 3 aromatic rings. The number of likely N-dealkylation sites (tertiary alicyclic amines) is 1. The number of benzene rings is 1. The first-order valence-electron chi connectivity index (χ1n) is 12.1. The van der Waals surface area contributed by atoms with E-state index in [0.717, 1.165) is 62.6 Å². The van der Waals surface area contributed by atoms with Gasteiger partial charge in [-0.2, -0.15) is 0 Å². The molecule has 0 N–H and O–H groups in total. The van der Waals surface area contributed by atoms with Gasteiger partial charge in [-0.1, -0.05) is 11.2 Å². The summed E-state index contributed by atoms with van der Waals surface area (Å²) in [6.45, 7) is 7.86. The van der Waals surface area contributed by atoms with Crippen LogP contribution in [0.25, 0.3) is 11.0 Å². The van der Waals surface area contributed by atoms with Crippen molar-refractivity contribution in [2.45, 2.75) is 31.8 Å². The number of hydrogen-bond acceptors (Lipinski definition) is 7. The van der Waals surface area contributed by atoms with Crippen LogP contribution in [0, 0.1) is 11.7 Å². The van der Waals surface area contributed by atoms with E-state index >= 15 is 0 Å². The van der Waals surface area contributed by atoms with Crippen molar-refractivity contribution in [1.29, 1.82) is 0 Å². The second-order valence-electron chi connectivity index (χ2n) is 9.63. The fourth-order valence-corrected chi connectivity index (χ4v) is 5.30. The largest absolute Gasteiger partial charge is 0.477 e. The molecule has 3 fully saturated rings. The molecular formula is C25H30FN5O2. The Morgan fingerprint density at radius 1 is 1.06 bits per heavy atom. The van der Waals surface area contributed by atoms with E-state index < -0.39 is 0 Å². The summed E-state index contributed by atoms with van der Waals surface area (Å²) in [6, 6.07) is 9.20. The molecule has 3 saturated heterocycles. The van der Waals surface area contributed by atoms with Gasteiger partial charge in [0.05, 0.1) is 12.0 Å². The van der Waals surface area contributed by atoms with E-state index in [9.17, 15) is 4.39 Å². The van der Waals surface area contributed by atoms with Crippen LogP contribution in [0.4, 0.5) is 10.2 Å². The highest BCUT2D eigenvalue weighted by atomic mass is 19.1. The Morgan fingerprint density at radius 2 is 2.00 bits per heavy atom. The van der Waals surface area contributed by atoms with Crippen LogP contribution < -0.4 is 9.64 Å². The number of nitrogens with zero attached hydrogens (tertiary/aromatic N) is 5. The molecule has 3 aliphatic rings. The molecule has 174 valence electrons. The van der Waals surface area contributed by atoms with Crippen molar-refractivity contribution >= 4 is 16.8 Å². The van der Waals surface area contributed by atoms with Crippen molar-refractivity contribution in [1.82, 2.24) is 19.9 Å². The summed E-state index contributed by atoms with van der Waals surface area (Å²) in [5.41, 5.74) is 1.89. The van der Waals surface area contributed by atoms with Crippen molar-refractivity contribution in [3.05, 3.63) is 47.9 Å². The molecule has 0 saturated carbocycles. The van der Waals surface area contributed by atoms with Gasteiger partial charge in [-0.05, 0) is 56.1 Å². The lowest BCUT2D eigenvalue weighted by Crippen LogP contribution is -2.57. The number of anilines is 1. The zero-order valence-corrected chi connectivity index (χ0v) is 18.8.